The number of aryl methyl sites for hydroxylation is 1. The molecule has 22 heavy (non-hydrogen) atoms. The second kappa shape index (κ2) is 6.70. The molecule has 2 aromatic rings. The molecule has 1 heterocycles. The Kier molecular flexibility index (Phi) is 4.92. The maximum absolute atomic E-state index is 13.6. The minimum Gasteiger partial charge on any atom is -0.353 e. The molecule has 0 spiro atoms. The minimum absolute atomic E-state index is 0.0983. The summed E-state index contributed by atoms with van der Waals surface area (Å²) in [5.41, 5.74) is 0.450. The van der Waals surface area contributed by atoms with E-state index in [2.05, 4.69) is 5.32 Å². The van der Waals surface area contributed by atoms with E-state index in [1.807, 2.05) is 48.9 Å². The van der Waals surface area contributed by atoms with E-state index in [4.69, 9.17) is 0 Å². The third-order valence-electron chi connectivity index (χ3n) is 3.59. The van der Waals surface area contributed by atoms with Gasteiger partial charge in [-0.2, -0.15) is 0 Å². The predicted octanol–water partition coefficient (Wildman–Crippen LogP) is 2.34. The SMILES string of the molecule is CN(C)C(CNC(=O)c1c(F)cccc1F)c1cccn1C. The van der Waals surface area contributed by atoms with Gasteiger partial charge in [0.25, 0.3) is 5.91 Å². The number of rotatable bonds is 5. The van der Waals surface area contributed by atoms with Gasteiger partial charge in [-0.15, -0.1) is 0 Å². The Morgan fingerprint density at radius 2 is 1.86 bits per heavy atom. The second-order valence-corrected chi connectivity index (χ2v) is 5.33. The van der Waals surface area contributed by atoms with E-state index >= 15 is 0 Å². The van der Waals surface area contributed by atoms with Crippen LogP contribution < -0.4 is 5.32 Å². The third kappa shape index (κ3) is 3.33. The Bertz CT molecular complexity index is 647. The standard InChI is InChI=1S/C16H19F2N3O/c1-20(2)14(13-8-5-9-21(13)3)10-19-16(22)15-11(17)6-4-7-12(15)18/h4-9,14H,10H2,1-3H3,(H,19,22). The minimum atomic E-state index is -0.863. The quantitative estimate of drug-likeness (QED) is 0.920. The van der Waals surface area contributed by atoms with Gasteiger partial charge in [0.15, 0.2) is 0 Å². The maximum atomic E-state index is 13.6. The first-order valence-electron chi connectivity index (χ1n) is 6.91. The summed E-state index contributed by atoms with van der Waals surface area (Å²) in [5.74, 6) is -2.48. The molecule has 0 fully saturated rings. The number of aromatic nitrogens is 1. The zero-order valence-electron chi connectivity index (χ0n) is 12.8. The van der Waals surface area contributed by atoms with Gasteiger partial charge in [0.05, 0.1) is 6.04 Å². The molecule has 1 aromatic carbocycles. The Labute approximate surface area is 128 Å². The molecule has 0 saturated heterocycles. The van der Waals surface area contributed by atoms with E-state index in [1.54, 1.807) is 0 Å². The first-order chi connectivity index (χ1) is 10.4. The number of hydrogen-bond acceptors (Lipinski definition) is 2. The lowest BCUT2D eigenvalue weighted by Gasteiger charge is -2.25. The van der Waals surface area contributed by atoms with Crippen molar-refractivity contribution < 1.29 is 13.6 Å². The van der Waals surface area contributed by atoms with Gasteiger partial charge >= 0.3 is 0 Å². The second-order valence-electron chi connectivity index (χ2n) is 5.33. The molecule has 4 nitrogen and oxygen atoms in total. The molecule has 1 aromatic heterocycles. The predicted molar refractivity (Wildman–Crippen MR) is 80.5 cm³/mol. The number of amides is 1. The van der Waals surface area contributed by atoms with Crippen LogP contribution in [0.4, 0.5) is 8.78 Å². The lowest BCUT2D eigenvalue weighted by Crippen LogP contribution is -2.36. The number of halogens is 2. The summed E-state index contributed by atoms with van der Waals surface area (Å²) in [6.45, 7) is 0.247. The Morgan fingerprint density at radius 3 is 2.36 bits per heavy atom. The smallest absolute Gasteiger partial charge is 0.257 e. The molecule has 0 saturated carbocycles. The van der Waals surface area contributed by atoms with Gasteiger partial charge in [-0.25, -0.2) is 8.78 Å². The zero-order chi connectivity index (χ0) is 16.3. The van der Waals surface area contributed by atoms with E-state index in [0.717, 1.165) is 17.8 Å². The molecule has 1 N–H and O–H groups in total. The lowest BCUT2D eigenvalue weighted by molar-refractivity contribution is 0.0932. The molecule has 0 bridgehead atoms. The molecule has 0 aliphatic rings. The summed E-state index contributed by atoms with van der Waals surface area (Å²) >= 11 is 0. The van der Waals surface area contributed by atoms with Gasteiger partial charge in [0, 0.05) is 25.5 Å². The summed E-state index contributed by atoms with van der Waals surface area (Å²) in [6, 6.07) is 7.12. The summed E-state index contributed by atoms with van der Waals surface area (Å²) in [7, 11) is 5.67. The van der Waals surface area contributed by atoms with Crippen molar-refractivity contribution in [3.8, 4) is 0 Å². The van der Waals surface area contributed by atoms with Crippen molar-refractivity contribution in [2.24, 2.45) is 7.05 Å². The number of carbonyl (C=O) groups is 1. The lowest BCUT2D eigenvalue weighted by atomic mass is 10.1. The van der Waals surface area contributed by atoms with Crippen LogP contribution in [-0.4, -0.2) is 36.0 Å². The number of hydrogen-bond donors (Lipinski definition) is 1. The molecule has 0 aliphatic carbocycles. The first kappa shape index (κ1) is 16.2. The van der Waals surface area contributed by atoms with E-state index in [-0.39, 0.29) is 12.6 Å². The van der Waals surface area contributed by atoms with E-state index in [1.165, 1.54) is 6.07 Å². The average Bonchev–Trinajstić information content (AvgIpc) is 2.85. The molecular weight excluding hydrogens is 288 g/mol. The van der Waals surface area contributed by atoms with Crippen LogP contribution in [-0.2, 0) is 7.05 Å². The third-order valence-corrected chi connectivity index (χ3v) is 3.59. The normalized spacial score (nSPS) is 12.5. The highest BCUT2D eigenvalue weighted by Gasteiger charge is 2.21. The van der Waals surface area contributed by atoms with Crippen LogP contribution in [0.2, 0.25) is 0 Å². The molecule has 0 radical (unpaired) electrons. The van der Waals surface area contributed by atoms with Crippen molar-refractivity contribution in [1.29, 1.82) is 0 Å². The number of nitrogens with one attached hydrogen (secondary N) is 1. The first-order valence-corrected chi connectivity index (χ1v) is 6.91. The van der Waals surface area contributed by atoms with Crippen molar-refractivity contribution in [2.75, 3.05) is 20.6 Å². The van der Waals surface area contributed by atoms with Gasteiger partial charge in [-0.05, 0) is 38.4 Å². The van der Waals surface area contributed by atoms with Gasteiger partial charge in [-0.3, -0.25) is 9.69 Å². The van der Waals surface area contributed by atoms with Gasteiger partial charge in [0.2, 0.25) is 0 Å². The molecule has 1 unspecified atom stereocenters. The van der Waals surface area contributed by atoms with E-state index in [9.17, 15) is 13.6 Å². The van der Waals surface area contributed by atoms with Crippen molar-refractivity contribution in [3.63, 3.8) is 0 Å². The van der Waals surface area contributed by atoms with Crippen LogP contribution in [0.15, 0.2) is 36.5 Å². The largest absolute Gasteiger partial charge is 0.353 e. The number of benzene rings is 1. The summed E-state index contributed by atoms with van der Waals surface area (Å²) in [4.78, 5) is 14.0. The van der Waals surface area contributed by atoms with Crippen LogP contribution in [0.5, 0.6) is 0 Å². The average molecular weight is 307 g/mol. The molecule has 0 aliphatic heterocycles. The molecule has 2 rings (SSSR count). The zero-order valence-corrected chi connectivity index (χ0v) is 12.8. The highest BCUT2D eigenvalue weighted by Crippen LogP contribution is 2.18. The summed E-state index contributed by atoms with van der Waals surface area (Å²) < 4.78 is 29.2. The topological polar surface area (TPSA) is 37.3 Å². The van der Waals surface area contributed by atoms with Crippen molar-refractivity contribution in [1.82, 2.24) is 14.8 Å². The van der Waals surface area contributed by atoms with E-state index in [0.29, 0.717) is 0 Å². The fraction of sp³-hybridized carbons (Fsp3) is 0.312. The Morgan fingerprint density at radius 1 is 1.23 bits per heavy atom. The fourth-order valence-electron chi connectivity index (χ4n) is 2.36. The van der Waals surface area contributed by atoms with Gasteiger partial charge in [-0.1, -0.05) is 6.07 Å². The van der Waals surface area contributed by atoms with Crippen molar-refractivity contribution in [2.45, 2.75) is 6.04 Å². The monoisotopic (exact) mass is 307 g/mol. The number of nitrogens with zero attached hydrogens (tertiary/aromatic N) is 2. The van der Waals surface area contributed by atoms with Crippen LogP contribution in [0.3, 0.4) is 0 Å². The van der Waals surface area contributed by atoms with Crippen molar-refractivity contribution in [3.05, 3.63) is 59.4 Å². The van der Waals surface area contributed by atoms with E-state index < -0.39 is 23.1 Å². The summed E-state index contributed by atoms with van der Waals surface area (Å²) in [5, 5.41) is 2.60. The van der Waals surface area contributed by atoms with Gasteiger partial charge < -0.3 is 9.88 Å². The van der Waals surface area contributed by atoms with Crippen LogP contribution in [0, 0.1) is 11.6 Å². The van der Waals surface area contributed by atoms with Crippen LogP contribution >= 0.6 is 0 Å². The molecule has 1 amide bonds. The molecule has 1 atom stereocenters. The molecular formula is C16H19F2N3O. The highest BCUT2D eigenvalue weighted by molar-refractivity contribution is 5.94. The van der Waals surface area contributed by atoms with Crippen molar-refractivity contribution >= 4 is 5.91 Å². The molecule has 6 heteroatoms. The maximum Gasteiger partial charge on any atom is 0.257 e. The summed E-state index contributed by atoms with van der Waals surface area (Å²) in [6.07, 6.45) is 1.91. The van der Waals surface area contributed by atoms with Crippen LogP contribution in [0.25, 0.3) is 0 Å². The van der Waals surface area contributed by atoms with Crippen LogP contribution in [0.1, 0.15) is 22.1 Å². The van der Waals surface area contributed by atoms with Gasteiger partial charge in [0.1, 0.15) is 17.2 Å². The number of carbonyl (C=O) groups excluding carboxylic acids is 1. The number of likely N-dealkylation sites (N-methyl/N-ethyl adjacent to an activating group) is 1. The Balaban J connectivity index is 2.13. The Hall–Kier alpha value is -2.21. The molecule has 118 valence electrons. The fourth-order valence-corrected chi connectivity index (χ4v) is 2.36. The highest BCUT2D eigenvalue weighted by atomic mass is 19.1.